The van der Waals surface area contributed by atoms with Gasteiger partial charge in [0.25, 0.3) is 0 Å². The maximum Gasteiger partial charge on any atom is 0.416 e. The molecule has 3 aromatic rings. The smallest absolute Gasteiger partial charge is 0.372 e. The summed E-state index contributed by atoms with van der Waals surface area (Å²) in [4.78, 5) is 14.7. The third-order valence-corrected chi connectivity index (χ3v) is 7.48. The van der Waals surface area contributed by atoms with E-state index in [0.29, 0.717) is 24.0 Å². The normalized spacial score (nSPS) is 19.5. The summed E-state index contributed by atoms with van der Waals surface area (Å²) in [6, 6.07) is 11.1. The maximum atomic E-state index is 13.3. The predicted molar refractivity (Wildman–Crippen MR) is 121 cm³/mol. The summed E-state index contributed by atoms with van der Waals surface area (Å²) in [6.45, 7) is 4.62. The van der Waals surface area contributed by atoms with Crippen LogP contribution in [0.1, 0.15) is 25.0 Å². The van der Waals surface area contributed by atoms with E-state index >= 15 is 0 Å². The van der Waals surface area contributed by atoms with Crippen LogP contribution in [0, 0.1) is 0 Å². The van der Waals surface area contributed by atoms with Crippen LogP contribution < -0.4 is 0 Å². The van der Waals surface area contributed by atoms with Crippen LogP contribution in [0.3, 0.4) is 0 Å². The van der Waals surface area contributed by atoms with Gasteiger partial charge in [0.1, 0.15) is 6.54 Å². The fourth-order valence-electron chi connectivity index (χ4n) is 4.35. The Morgan fingerprint density at radius 2 is 1.74 bits per heavy atom. The number of nitrogens with zero attached hydrogens (tertiary/aromatic N) is 2. The van der Waals surface area contributed by atoms with Gasteiger partial charge in [-0.1, -0.05) is 36.4 Å². The first-order chi connectivity index (χ1) is 15.9. The van der Waals surface area contributed by atoms with Gasteiger partial charge >= 0.3 is 6.18 Å². The third kappa shape index (κ3) is 5.12. The summed E-state index contributed by atoms with van der Waals surface area (Å²) < 4.78 is 73.0. The number of fused-ring (bicyclic) bond motifs is 1. The second kappa shape index (κ2) is 9.07. The molecule has 1 amide bonds. The van der Waals surface area contributed by atoms with Crippen LogP contribution in [-0.4, -0.2) is 49.1 Å². The van der Waals surface area contributed by atoms with Crippen LogP contribution in [0.25, 0.3) is 10.9 Å². The number of hydrogen-bond acceptors (Lipinski definition) is 4. The molecule has 2 aromatic carbocycles. The number of amides is 1. The lowest BCUT2D eigenvalue weighted by Crippen LogP contribution is -2.49. The molecule has 2 heterocycles. The third-order valence-electron chi connectivity index (χ3n) is 5.78. The Balaban J connectivity index is 1.64. The van der Waals surface area contributed by atoms with Crippen LogP contribution in [-0.2, 0) is 37.8 Å². The van der Waals surface area contributed by atoms with Crippen LogP contribution in [0.5, 0.6) is 0 Å². The van der Waals surface area contributed by atoms with Gasteiger partial charge in [0, 0.05) is 30.2 Å². The van der Waals surface area contributed by atoms with Gasteiger partial charge in [-0.25, -0.2) is 8.42 Å². The monoisotopic (exact) mass is 494 g/mol. The number of morpholine rings is 1. The SMILES string of the molecule is CC1CN(C(=O)Cn2cc(S(=O)(=O)Cc3cccc(C(F)(F)F)c3)c3ccccc32)CC(C)O1. The molecule has 4 rings (SSSR count). The number of hydrogen-bond donors (Lipinski definition) is 0. The van der Waals surface area contributed by atoms with E-state index in [4.69, 9.17) is 4.74 Å². The Bertz CT molecular complexity index is 1310. The standard InChI is InChI=1S/C24H25F3N2O4S/c1-16-11-29(12-17(2)33-16)23(30)14-28-13-22(20-8-3-4-9-21(20)28)34(31,32)15-18-6-5-7-19(10-18)24(25,26)27/h3-10,13,16-17H,11-12,14-15H2,1-2H3. The quantitative estimate of drug-likeness (QED) is 0.531. The van der Waals surface area contributed by atoms with Gasteiger partial charge in [0.15, 0.2) is 9.84 Å². The second-order valence-electron chi connectivity index (χ2n) is 8.65. The van der Waals surface area contributed by atoms with Crippen molar-refractivity contribution in [1.82, 2.24) is 9.47 Å². The topological polar surface area (TPSA) is 68.6 Å². The van der Waals surface area contributed by atoms with Gasteiger partial charge in [-0.3, -0.25) is 4.79 Å². The molecule has 1 aliphatic rings. The molecule has 0 radical (unpaired) electrons. The Morgan fingerprint density at radius 1 is 1.06 bits per heavy atom. The van der Waals surface area contributed by atoms with Gasteiger partial charge < -0.3 is 14.2 Å². The minimum atomic E-state index is -4.56. The summed E-state index contributed by atoms with van der Waals surface area (Å²) in [5, 5.41) is 0.422. The molecule has 2 atom stereocenters. The molecule has 1 saturated heterocycles. The van der Waals surface area contributed by atoms with Gasteiger partial charge in [0.2, 0.25) is 5.91 Å². The van der Waals surface area contributed by atoms with E-state index in [9.17, 15) is 26.4 Å². The first-order valence-corrected chi connectivity index (χ1v) is 12.5. The molecule has 0 saturated carbocycles. The van der Waals surface area contributed by atoms with Crippen molar-refractivity contribution in [2.75, 3.05) is 13.1 Å². The molecule has 182 valence electrons. The number of benzene rings is 2. The van der Waals surface area contributed by atoms with E-state index in [2.05, 4.69) is 0 Å². The van der Waals surface area contributed by atoms with Crippen molar-refractivity contribution in [2.45, 2.75) is 49.4 Å². The van der Waals surface area contributed by atoms with Crippen molar-refractivity contribution in [3.8, 4) is 0 Å². The molecule has 1 aliphatic heterocycles. The number of rotatable bonds is 5. The molecule has 34 heavy (non-hydrogen) atoms. The molecule has 10 heteroatoms. The molecule has 1 fully saturated rings. The van der Waals surface area contributed by atoms with Crippen molar-refractivity contribution in [1.29, 1.82) is 0 Å². The number of ether oxygens (including phenoxy) is 1. The molecule has 0 bridgehead atoms. The molecule has 0 spiro atoms. The number of alkyl halides is 3. The van der Waals surface area contributed by atoms with Crippen LogP contribution in [0.4, 0.5) is 13.2 Å². The van der Waals surface area contributed by atoms with Crippen molar-refractivity contribution >= 4 is 26.6 Å². The number of sulfone groups is 1. The van der Waals surface area contributed by atoms with E-state index < -0.39 is 27.3 Å². The average Bonchev–Trinajstić information content (AvgIpc) is 3.12. The Kier molecular flexibility index (Phi) is 6.48. The zero-order chi connectivity index (χ0) is 24.7. The summed E-state index contributed by atoms with van der Waals surface area (Å²) in [7, 11) is -3.99. The number of carbonyl (C=O) groups excluding carboxylic acids is 1. The van der Waals surface area contributed by atoms with Gasteiger partial charge in [-0.05, 0) is 31.5 Å². The number of halogens is 3. The molecule has 2 unspecified atom stereocenters. The lowest BCUT2D eigenvalue weighted by atomic mass is 10.1. The van der Waals surface area contributed by atoms with E-state index in [1.54, 1.807) is 33.7 Å². The molecule has 0 aliphatic carbocycles. The summed E-state index contributed by atoms with van der Waals surface area (Å²) in [6.07, 6.45) is -3.36. The molecular formula is C24H25F3N2O4S. The Morgan fingerprint density at radius 3 is 2.41 bits per heavy atom. The second-order valence-corrected chi connectivity index (χ2v) is 10.6. The molecule has 0 N–H and O–H groups in total. The van der Waals surface area contributed by atoms with E-state index in [1.807, 2.05) is 13.8 Å². The average molecular weight is 495 g/mol. The summed E-state index contributed by atoms with van der Waals surface area (Å²) in [5.74, 6) is -0.748. The van der Waals surface area contributed by atoms with Crippen molar-refractivity contribution in [3.05, 3.63) is 65.9 Å². The van der Waals surface area contributed by atoms with Gasteiger partial charge in [-0.2, -0.15) is 13.2 Å². The predicted octanol–water partition coefficient (Wildman–Crippen LogP) is 4.27. The van der Waals surface area contributed by atoms with Crippen LogP contribution in [0.2, 0.25) is 0 Å². The van der Waals surface area contributed by atoms with E-state index in [1.165, 1.54) is 18.3 Å². The molecule has 6 nitrogen and oxygen atoms in total. The minimum Gasteiger partial charge on any atom is -0.372 e. The fraction of sp³-hybridized carbons (Fsp3) is 0.375. The highest BCUT2D eigenvalue weighted by Gasteiger charge is 2.31. The Hall–Kier alpha value is -2.85. The first-order valence-electron chi connectivity index (χ1n) is 10.8. The van der Waals surface area contributed by atoms with E-state index in [0.717, 1.165) is 12.1 Å². The zero-order valence-electron chi connectivity index (χ0n) is 18.7. The molecular weight excluding hydrogens is 469 g/mol. The fourth-order valence-corrected chi connectivity index (χ4v) is 5.92. The number of aromatic nitrogens is 1. The van der Waals surface area contributed by atoms with Gasteiger partial charge in [-0.15, -0.1) is 0 Å². The number of carbonyl (C=O) groups is 1. The lowest BCUT2D eigenvalue weighted by molar-refractivity contribution is -0.143. The number of para-hydroxylation sites is 1. The van der Waals surface area contributed by atoms with Crippen LogP contribution in [0.15, 0.2) is 59.6 Å². The highest BCUT2D eigenvalue weighted by molar-refractivity contribution is 7.90. The van der Waals surface area contributed by atoms with Crippen molar-refractivity contribution in [2.24, 2.45) is 0 Å². The summed E-state index contributed by atoms with van der Waals surface area (Å²) in [5.41, 5.74) is -0.297. The van der Waals surface area contributed by atoms with Crippen molar-refractivity contribution in [3.63, 3.8) is 0 Å². The van der Waals surface area contributed by atoms with Crippen LogP contribution >= 0.6 is 0 Å². The maximum absolute atomic E-state index is 13.3. The van der Waals surface area contributed by atoms with Crippen molar-refractivity contribution < 1.29 is 31.1 Å². The molecule has 1 aromatic heterocycles. The Labute approximate surface area is 195 Å². The van der Waals surface area contributed by atoms with Gasteiger partial charge in [0.05, 0.1) is 28.4 Å². The zero-order valence-corrected chi connectivity index (χ0v) is 19.6. The first kappa shape index (κ1) is 24.3. The highest BCUT2D eigenvalue weighted by Crippen LogP contribution is 2.32. The lowest BCUT2D eigenvalue weighted by Gasteiger charge is -2.35. The van der Waals surface area contributed by atoms with E-state index in [-0.39, 0.29) is 35.1 Å². The summed E-state index contributed by atoms with van der Waals surface area (Å²) >= 11 is 0. The largest absolute Gasteiger partial charge is 0.416 e. The minimum absolute atomic E-state index is 0.0166. The highest BCUT2D eigenvalue weighted by atomic mass is 32.2.